The zero-order valence-electron chi connectivity index (χ0n) is 14.0. The maximum atomic E-state index is 12.4. The van der Waals surface area contributed by atoms with E-state index in [1.165, 1.54) is 11.3 Å². The van der Waals surface area contributed by atoms with E-state index in [4.69, 9.17) is 5.73 Å². The van der Waals surface area contributed by atoms with Gasteiger partial charge in [0.05, 0.1) is 12.5 Å². The quantitative estimate of drug-likeness (QED) is 0.565. The van der Waals surface area contributed by atoms with E-state index in [2.05, 4.69) is 16.0 Å². The summed E-state index contributed by atoms with van der Waals surface area (Å²) in [6.07, 6.45) is 0.124. The highest BCUT2D eigenvalue weighted by Gasteiger charge is 2.19. The number of nitrogens with two attached hydrogens (primary N) is 1. The van der Waals surface area contributed by atoms with Crippen LogP contribution < -0.4 is 21.7 Å². The van der Waals surface area contributed by atoms with Gasteiger partial charge in [0, 0.05) is 17.1 Å². The molecule has 0 aliphatic heterocycles. The third-order valence-electron chi connectivity index (χ3n) is 3.45. The molecule has 2 aromatic rings. The molecule has 1 unspecified atom stereocenters. The second-order valence-electron chi connectivity index (χ2n) is 5.27. The Kier molecular flexibility index (Phi) is 8.98. The van der Waals surface area contributed by atoms with Crippen LogP contribution in [0.2, 0.25) is 0 Å². The average molecular weight is 383 g/mol. The van der Waals surface area contributed by atoms with E-state index in [0.717, 1.165) is 22.7 Å². The second kappa shape index (κ2) is 10.7. The summed E-state index contributed by atoms with van der Waals surface area (Å²) in [4.78, 5) is 24.5. The molecule has 1 aromatic heterocycles. The van der Waals surface area contributed by atoms with E-state index in [0.29, 0.717) is 6.54 Å². The highest BCUT2D eigenvalue weighted by molar-refractivity contribution is 7.10. The predicted molar refractivity (Wildman–Crippen MR) is 104 cm³/mol. The molecule has 5 N–H and O–H groups in total. The van der Waals surface area contributed by atoms with Gasteiger partial charge in [0.1, 0.15) is 0 Å². The lowest BCUT2D eigenvalue weighted by Gasteiger charge is -2.17. The Bertz CT molecular complexity index is 679. The molecule has 3 amide bonds. The molecule has 1 atom stereocenters. The van der Waals surface area contributed by atoms with Crippen molar-refractivity contribution in [3.8, 4) is 0 Å². The molecule has 0 aliphatic carbocycles. The van der Waals surface area contributed by atoms with Gasteiger partial charge in [0.15, 0.2) is 0 Å². The Morgan fingerprint density at radius 2 is 1.96 bits per heavy atom. The first-order valence-corrected chi connectivity index (χ1v) is 8.66. The molecule has 0 spiro atoms. The first-order valence-electron chi connectivity index (χ1n) is 7.78. The van der Waals surface area contributed by atoms with Gasteiger partial charge < -0.3 is 21.7 Å². The number of halogens is 1. The summed E-state index contributed by atoms with van der Waals surface area (Å²) in [7, 11) is 0. The Labute approximate surface area is 157 Å². The summed E-state index contributed by atoms with van der Waals surface area (Å²) >= 11 is 1.48. The smallest absolute Gasteiger partial charge is 0.312 e. The minimum absolute atomic E-state index is 0. The number of nitrogens with one attached hydrogen (secondary N) is 3. The van der Waals surface area contributed by atoms with Crippen molar-refractivity contribution in [2.75, 3.05) is 11.9 Å². The number of carbonyl (C=O) groups is 2. The number of anilines is 1. The van der Waals surface area contributed by atoms with Crippen LogP contribution in [0.15, 0.2) is 41.8 Å². The summed E-state index contributed by atoms with van der Waals surface area (Å²) in [6.45, 7) is 3.56. The first-order chi connectivity index (χ1) is 11.6. The van der Waals surface area contributed by atoms with Crippen LogP contribution in [0, 0.1) is 0 Å². The number of rotatable bonds is 8. The van der Waals surface area contributed by atoms with Crippen LogP contribution in [0.3, 0.4) is 0 Å². The predicted octanol–water partition coefficient (Wildman–Crippen LogP) is 3.02. The highest BCUT2D eigenvalue weighted by Crippen LogP contribution is 2.23. The van der Waals surface area contributed by atoms with E-state index < -0.39 is 12.1 Å². The fraction of sp³-hybridized carbons (Fsp3) is 0.294. The molecule has 6 nitrogen and oxygen atoms in total. The monoisotopic (exact) mass is 382 g/mol. The van der Waals surface area contributed by atoms with E-state index in [1.807, 2.05) is 48.7 Å². The lowest BCUT2D eigenvalue weighted by Crippen LogP contribution is -2.35. The normalized spacial score (nSPS) is 11.2. The molecule has 1 aromatic carbocycles. The van der Waals surface area contributed by atoms with Crippen molar-refractivity contribution in [3.05, 3.63) is 52.2 Å². The van der Waals surface area contributed by atoms with Gasteiger partial charge in [-0.2, -0.15) is 0 Å². The molecule has 0 saturated heterocycles. The number of hydrogen-bond acceptors (Lipinski definition) is 4. The van der Waals surface area contributed by atoms with Gasteiger partial charge >= 0.3 is 6.03 Å². The van der Waals surface area contributed by atoms with Crippen LogP contribution in [0.25, 0.3) is 0 Å². The van der Waals surface area contributed by atoms with Gasteiger partial charge in [-0.05, 0) is 29.6 Å². The van der Waals surface area contributed by atoms with E-state index in [-0.39, 0.29) is 24.7 Å². The SMILES string of the molecule is CCNCc1ccccc1NC(=O)CC(NC(N)=O)c1cccs1.Cl. The minimum atomic E-state index is -0.645. The van der Waals surface area contributed by atoms with Crippen molar-refractivity contribution in [1.82, 2.24) is 10.6 Å². The number of amides is 3. The third-order valence-corrected chi connectivity index (χ3v) is 4.44. The molecule has 0 radical (unpaired) electrons. The Balaban J connectivity index is 0.00000312. The molecular formula is C17H23ClN4O2S. The zero-order valence-corrected chi connectivity index (χ0v) is 15.6. The summed E-state index contributed by atoms with van der Waals surface area (Å²) in [5.74, 6) is -0.175. The highest BCUT2D eigenvalue weighted by atomic mass is 35.5. The van der Waals surface area contributed by atoms with Crippen molar-refractivity contribution >= 4 is 41.4 Å². The zero-order chi connectivity index (χ0) is 17.4. The van der Waals surface area contributed by atoms with Gasteiger partial charge in [0.25, 0.3) is 0 Å². The average Bonchev–Trinajstić information content (AvgIpc) is 3.07. The molecule has 25 heavy (non-hydrogen) atoms. The van der Waals surface area contributed by atoms with Crippen LogP contribution in [0.1, 0.15) is 29.8 Å². The Morgan fingerprint density at radius 3 is 2.60 bits per heavy atom. The fourth-order valence-electron chi connectivity index (χ4n) is 2.33. The number of carbonyl (C=O) groups excluding carboxylic acids is 2. The van der Waals surface area contributed by atoms with E-state index in [9.17, 15) is 9.59 Å². The number of para-hydroxylation sites is 1. The van der Waals surface area contributed by atoms with Crippen molar-refractivity contribution in [1.29, 1.82) is 0 Å². The number of thiophene rings is 1. The molecule has 0 saturated carbocycles. The van der Waals surface area contributed by atoms with Gasteiger partial charge in [-0.25, -0.2) is 4.79 Å². The summed E-state index contributed by atoms with van der Waals surface area (Å²) in [5, 5.41) is 10.7. The van der Waals surface area contributed by atoms with Gasteiger partial charge in [-0.1, -0.05) is 31.2 Å². The summed E-state index contributed by atoms with van der Waals surface area (Å²) in [5.41, 5.74) is 7.01. The van der Waals surface area contributed by atoms with Gasteiger partial charge in [0.2, 0.25) is 5.91 Å². The molecular weight excluding hydrogens is 360 g/mol. The lowest BCUT2D eigenvalue weighted by atomic mass is 10.1. The summed E-state index contributed by atoms with van der Waals surface area (Å²) in [6, 6.07) is 10.3. The van der Waals surface area contributed by atoms with Crippen molar-refractivity contribution < 1.29 is 9.59 Å². The largest absolute Gasteiger partial charge is 0.352 e. The molecule has 0 fully saturated rings. The first kappa shape index (κ1) is 21.0. The number of primary amides is 1. The maximum Gasteiger partial charge on any atom is 0.312 e. The third kappa shape index (κ3) is 6.74. The molecule has 0 aliphatic rings. The van der Waals surface area contributed by atoms with Crippen molar-refractivity contribution in [2.24, 2.45) is 5.73 Å². The maximum absolute atomic E-state index is 12.4. The second-order valence-corrected chi connectivity index (χ2v) is 6.25. The Morgan fingerprint density at radius 1 is 1.20 bits per heavy atom. The van der Waals surface area contributed by atoms with Crippen LogP contribution >= 0.6 is 23.7 Å². The fourth-order valence-corrected chi connectivity index (χ4v) is 3.10. The Hall–Kier alpha value is -2.09. The van der Waals surface area contributed by atoms with Crippen LogP contribution in [0.4, 0.5) is 10.5 Å². The standard InChI is InChI=1S/C17H22N4O2S.ClH/c1-2-19-11-12-6-3-4-7-13(12)20-16(22)10-14(21-17(18)23)15-8-5-9-24-15;/h3-9,14,19H,2,10-11H2,1H3,(H,20,22)(H3,18,21,23);1H. The number of hydrogen-bond donors (Lipinski definition) is 4. The van der Waals surface area contributed by atoms with E-state index >= 15 is 0 Å². The van der Waals surface area contributed by atoms with Crippen molar-refractivity contribution in [2.45, 2.75) is 25.9 Å². The topological polar surface area (TPSA) is 96.2 Å². The summed E-state index contributed by atoms with van der Waals surface area (Å²) < 4.78 is 0. The number of urea groups is 1. The minimum Gasteiger partial charge on any atom is -0.352 e. The van der Waals surface area contributed by atoms with Gasteiger partial charge in [-0.3, -0.25) is 4.79 Å². The molecule has 136 valence electrons. The molecule has 8 heteroatoms. The molecule has 1 heterocycles. The van der Waals surface area contributed by atoms with E-state index in [1.54, 1.807) is 0 Å². The van der Waals surface area contributed by atoms with Crippen molar-refractivity contribution in [3.63, 3.8) is 0 Å². The van der Waals surface area contributed by atoms with Crippen LogP contribution in [0.5, 0.6) is 0 Å². The molecule has 2 rings (SSSR count). The number of benzene rings is 1. The van der Waals surface area contributed by atoms with Gasteiger partial charge in [-0.15, -0.1) is 23.7 Å². The van der Waals surface area contributed by atoms with Crippen LogP contribution in [-0.4, -0.2) is 18.5 Å². The lowest BCUT2D eigenvalue weighted by molar-refractivity contribution is -0.116. The van der Waals surface area contributed by atoms with Crippen LogP contribution in [-0.2, 0) is 11.3 Å². The molecule has 0 bridgehead atoms.